The van der Waals surface area contributed by atoms with Crippen molar-refractivity contribution in [3.63, 3.8) is 0 Å². The number of pyridine rings is 1. The highest BCUT2D eigenvalue weighted by Crippen LogP contribution is 2.41. The quantitative estimate of drug-likeness (QED) is 0.142. The first-order valence-corrected chi connectivity index (χ1v) is 12.9. The van der Waals surface area contributed by atoms with Gasteiger partial charge in [-0.3, -0.25) is 9.59 Å². The molecule has 5 rings (SSSR count). The molecule has 204 valence electrons. The van der Waals surface area contributed by atoms with Crippen LogP contribution in [-0.4, -0.2) is 38.6 Å². The summed E-state index contributed by atoms with van der Waals surface area (Å²) in [6, 6.07) is 10.9. The second-order valence-electron chi connectivity index (χ2n) is 9.27. The lowest BCUT2D eigenvalue weighted by atomic mass is 9.98. The van der Waals surface area contributed by atoms with Gasteiger partial charge in [0.2, 0.25) is 11.7 Å². The first kappa shape index (κ1) is 27.1. The third kappa shape index (κ3) is 4.52. The number of nitrogens with one attached hydrogen (secondary N) is 1. The van der Waals surface area contributed by atoms with Crippen LogP contribution in [0.3, 0.4) is 0 Å². The number of fused-ring (bicyclic) bond motifs is 2. The van der Waals surface area contributed by atoms with Gasteiger partial charge in [0.15, 0.2) is 5.75 Å². The molecule has 0 aliphatic heterocycles. The van der Waals surface area contributed by atoms with Crippen LogP contribution in [0, 0.1) is 25.5 Å². The number of alkyl halides is 1. The largest absolute Gasteiger partial charge is 0.494 e. The van der Waals surface area contributed by atoms with Gasteiger partial charge in [0, 0.05) is 41.9 Å². The number of anilines is 1. The van der Waals surface area contributed by atoms with Crippen LogP contribution in [0.25, 0.3) is 27.7 Å². The summed E-state index contributed by atoms with van der Waals surface area (Å²) in [6.45, 7) is 3.90. The molecule has 1 amide bonds. The summed E-state index contributed by atoms with van der Waals surface area (Å²) in [4.78, 5) is 30.0. The molecule has 0 unspecified atom stereocenters. The Morgan fingerprint density at radius 3 is 2.50 bits per heavy atom. The third-order valence-corrected chi connectivity index (χ3v) is 7.04. The number of imidazole rings is 1. The predicted molar refractivity (Wildman–Crippen MR) is 151 cm³/mol. The van der Waals surface area contributed by atoms with Gasteiger partial charge in [0.25, 0.3) is 0 Å². The van der Waals surface area contributed by atoms with Crippen molar-refractivity contribution in [2.75, 3.05) is 18.3 Å². The lowest BCUT2D eigenvalue weighted by molar-refractivity contribution is -0.112. The van der Waals surface area contributed by atoms with E-state index < -0.39 is 29.0 Å². The first-order valence-electron chi connectivity index (χ1n) is 12.3. The van der Waals surface area contributed by atoms with Crippen LogP contribution in [-0.2, 0) is 11.8 Å². The van der Waals surface area contributed by atoms with Gasteiger partial charge in [-0.25, -0.2) is 13.8 Å². The molecule has 0 saturated carbocycles. The van der Waals surface area contributed by atoms with Crippen molar-refractivity contribution in [2.24, 2.45) is 7.05 Å². The topological polar surface area (TPSA) is 77.6 Å². The second kappa shape index (κ2) is 10.6. The Labute approximate surface area is 233 Å². The molecule has 0 spiro atoms. The number of benzene rings is 2. The highest BCUT2D eigenvalue weighted by atomic mass is 35.5. The maximum Gasteiger partial charge on any atom is 0.248 e. The molecular formula is C30H25ClF2N4O3. The van der Waals surface area contributed by atoms with Gasteiger partial charge < -0.3 is 19.0 Å². The number of ketones is 1. The Morgan fingerprint density at radius 2 is 1.82 bits per heavy atom. The molecule has 0 radical (unpaired) electrons. The number of nitrogens with zero attached hydrogens (tertiary/aromatic N) is 3. The van der Waals surface area contributed by atoms with E-state index in [1.54, 1.807) is 35.9 Å². The van der Waals surface area contributed by atoms with Crippen molar-refractivity contribution in [1.82, 2.24) is 14.0 Å². The van der Waals surface area contributed by atoms with Gasteiger partial charge in [-0.15, -0.1) is 11.6 Å². The minimum Gasteiger partial charge on any atom is -0.494 e. The molecule has 0 atom stereocenters. The Morgan fingerprint density at radius 1 is 1.10 bits per heavy atom. The number of allylic oxidation sites excluding steroid dienone is 1. The second-order valence-corrected chi connectivity index (χ2v) is 9.58. The Kier molecular flexibility index (Phi) is 7.16. The zero-order valence-electron chi connectivity index (χ0n) is 22.2. The van der Waals surface area contributed by atoms with Crippen molar-refractivity contribution in [3.8, 4) is 16.9 Å². The molecule has 0 fully saturated rings. The highest BCUT2D eigenvalue weighted by Gasteiger charge is 2.23. The first-order chi connectivity index (χ1) is 19.2. The SMILES string of the molecule is COc1c(-c2cccn3c(C(=O)c4cc(F)c(NC(=O)/C=C/CCl)c(F)c4)ccc23)c(C)cc2c1nc(C)n2C. The number of aryl methyl sites for hydroxylation is 3. The third-order valence-electron chi connectivity index (χ3n) is 6.86. The number of rotatable bonds is 7. The van der Waals surface area contributed by atoms with Crippen molar-refractivity contribution < 1.29 is 23.1 Å². The molecule has 40 heavy (non-hydrogen) atoms. The van der Waals surface area contributed by atoms with Crippen molar-refractivity contribution in [3.05, 3.63) is 95.1 Å². The van der Waals surface area contributed by atoms with Crippen LogP contribution in [0.2, 0.25) is 0 Å². The van der Waals surface area contributed by atoms with Crippen LogP contribution in [0.15, 0.2) is 60.8 Å². The fraction of sp³-hybridized carbons (Fsp3) is 0.167. The molecule has 3 aromatic heterocycles. The van der Waals surface area contributed by atoms with E-state index in [4.69, 9.17) is 21.3 Å². The van der Waals surface area contributed by atoms with Crippen LogP contribution < -0.4 is 10.1 Å². The van der Waals surface area contributed by atoms with Gasteiger partial charge in [-0.2, -0.15) is 0 Å². The Balaban J connectivity index is 1.58. The number of ether oxygens (including phenoxy) is 1. The number of halogens is 3. The monoisotopic (exact) mass is 562 g/mol. The smallest absolute Gasteiger partial charge is 0.248 e. The Bertz CT molecular complexity index is 1830. The van der Waals surface area contributed by atoms with Crippen LogP contribution >= 0.6 is 11.6 Å². The number of hydrogen-bond donors (Lipinski definition) is 1. The molecular weight excluding hydrogens is 538 g/mol. The summed E-state index contributed by atoms with van der Waals surface area (Å²) in [5, 5.41) is 2.13. The lowest BCUT2D eigenvalue weighted by Gasteiger charge is -2.15. The van der Waals surface area contributed by atoms with Crippen LogP contribution in [0.1, 0.15) is 27.4 Å². The predicted octanol–water partition coefficient (Wildman–Crippen LogP) is 6.36. The minimum atomic E-state index is -1.07. The zero-order chi connectivity index (χ0) is 28.7. The number of methoxy groups -OCH3 is 1. The summed E-state index contributed by atoms with van der Waals surface area (Å²) in [6.07, 6.45) is 4.11. The van der Waals surface area contributed by atoms with Crippen LogP contribution in [0.5, 0.6) is 5.75 Å². The number of carbonyl (C=O) groups excluding carboxylic acids is 2. The lowest BCUT2D eigenvalue weighted by Crippen LogP contribution is -2.13. The van der Waals surface area contributed by atoms with Crippen molar-refractivity contribution in [1.29, 1.82) is 0 Å². The van der Waals surface area contributed by atoms with E-state index in [-0.39, 0.29) is 17.1 Å². The van der Waals surface area contributed by atoms with E-state index in [9.17, 15) is 18.4 Å². The molecule has 0 bridgehead atoms. The number of amides is 1. The van der Waals surface area contributed by atoms with Gasteiger partial charge in [-0.1, -0.05) is 12.1 Å². The summed E-state index contributed by atoms with van der Waals surface area (Å²) in [5.41, 5.74) is 4.32. The van der Waals surface area contributed by atoms with E-state index in [0.717, 1.165) is 51.8 Å². The van der Waals surface area contributed by atoms with Crippen molar-refractivity contribution in [2.45, 2.75) is 13.8 Å². The standard InChI is InChI=1S/C30H25ClF2N4O3/c1-16-13-24-28(34-17(2)36(24)3)30(40-4)26(16)19-7-6-12-37-22(19)9-10-23(37)29(39)18-14-20(32)27(21(33)15-18)35-25(38)8-5-11-31/h5-10,12-15H,11H2,1-4H3,(H,35,38)/b8-5+. The Hall–Kier alpha value is -4.50. The van der Waals surface area contributed by atoms with Crippen LogP contribution in [0.4, 0.5) is 14.5 Å². The highest BCUT2D eigenvalue weighted by molar-refractivity contribution is 6.19. The van der Waals surface area contributed by atoms with E-state index in [2.05, 4.69) is 5.32 Å². The molecule has 0 saturated heterocycles. The van der Waals surface area contributed by atoms with E-state index in [1.165, 1.54) is 6.08 Å². The van der Waals surface area contributed by atoms with Gasteiger partial charge in [0.05, 0.1) is 23.8 Å². The molecule has 1 N–H and O–H groups in total. The molecule has 5 aromatic rings. The van der Waals surface area contributed by atoms with Crippen molar-refractivity contribution >= 4 is 45.5 Å². The average Bonchev–Trinajstić information content (AvgIpc) is 3.49. The molecule has 0 aliphatic carbocycles. The number of carbonyl (C=O) groups is 2. The summed E-state index contributed by atoms with van der Waals surface area (Å²) >= 11 is 5.49. The maximum atomic E-state index is 14.8. The summed E-state index contributed by atoms with van der Waals surface area (Å²) in [5.74, 6) is -1.95. The average molecular weight is 563 g/mol. The fourth-order valence-electron chi connectivity index (χ4n) is 4.89. The maximum absolute atomic E-state index is 14.8. The van der Waals surface area contributed by atoms with Gasteiger partial charge in [-0.05, 0) is 55.8 Å². The van der Waals surface area contributed by atoms with Gasteiger partial charge in [0.1, 0.15) is 28.7 Å². The molecule has 2 aromatic carbocycles. The fourth-order valence-corrected chi connectivity index (χ4v) is 4.98. The van der Waals surface area contributed by atoms with E-state index in [1.807, 2.05) is 37.6 Å². The number of aromatic nitrogens is 3. The molecule has 7 nitrogen and oxygen atoms in total. The minimum absolute atomic E-state index is 0.0720. The summed E-state index contributed by atoms with van der Waals surface area (Å²) < 4.78 is 39.1. The van der Waals surface area contributed by atoms with E-state index >= 15 is 0 Å². The molecule has 10 heteroatoms. The van der Waals surface area contributed by atoms with Gasteiger partial charge >= 0.3 is 0 Å². The normalized spacial score (nSPS) is 11.6. The molecule has 3 heterocycles. The number of hydrogen-bond acceptors (Lipinski definition) is 4. The zero-order valence-corrected chi connectivity index (χ0v) is 22.9. The van der Waals surface area contributed by atoms with E-state index in [0.29, 0.717) is 11.3 Å². The molecule has 0 aliphatic rings. The summed E-state index contributed by atoms with van der Waals surface area (Å²) in [7, 11) is 3.54.